The summed E-state index contributed by atoms with van der Waals surface area (Å²) in [7, 11) is -7.71. The van der Waals surface area contributed by atoms with Gasteiger partial charge in [-0.05, 0) is 31.2 Å². The van der Waals surface area contributed by atoms with Crippen LogP contribution in [0.15, 0.2) is 68.2 Å². The van der Waals surface area contributed by atoms with Crippen LogP contribution in [0.2, 0.25) is 0 Å². The second kappa shape index (κ2) is 6.51. The SMILES string of the molecule is Cc1ccc(S(=O)(=O)N=S(=O)(CC(N)=O)c2ccccc2)cc1. The molecule has 2 rings (SSSR count). The van der Waals surface area contributed by atoms with E-state index in [2.05, 4.69) is 3.77 Å². The largest absolute Gasteiger partial charge is 0.369 e. The van der Waals surface area contributed by atoms with Gasteiger partial charge in [-0.3, -0.25) is 4.79 Å². The molecule has 1 atom stereocenters. The fraction of sp³-hybridized carbons (Fsp3) is 0.133. The zero-order valence-corrected chi connectivity index (χ0v) is 14.0. The number of benzene rings is 2. The van der Waals surface area contributed by atoms with Crippen LogP contribution in [0.5, 0.6) is 0 Å². The van der Waals surface area contributed by atoms with Gasteiger partial charge in [-0.25, -0.2) is 4.21 Å². The maximum absolute atomic E-state index is 13.0. The first-order valence-corrected chi connectivity index (χ1v) is 9.76. The lowest BCUT2D eigenvalue weighted by Gasteiger charge is -2.09. The number of hydrogen-bond acceptors (Lipinski definition) is 4. The molecular weight excluding hydrogens is 336 g/mol. The number of sulfonamides is 1. The molecule has 0 fully saturated rings. The second-order valence-corrected chi connectivity index (χ2v) is 8.99. The molecule has 0 bridgehead atoms. The molecule has 0 aromatic heterocycles. The molecule has 0 aliphatic carbocycles. The van der Waals surface area contributed by atoms with Crippen molar-refractivity contribution in [2.24, 2.45) is 9.50 Å². The monoisotopic (exact) mass is 352 g/mol. The van der Waals surface area contributed by atoms with E-state index in [1.54, 1.807) is 30.3 Å². The Kier molecular flexibility index (Phi) is 4.86. The van der Waals surface area contributed by atoms with Crippen molar-refractivity contribution in [3.63, 3.8) is 0 Å². The van der Waals surface area contributed by atoms with Crippen molar-refractivity contribution in [3.8, 4) is 0 Å². The smallest absolute Gasteiger partial charge is 0.290 e. The molecule has 23 heavy (non-hydrogen) atoms. The number of carbonyl (C=O) groups is 1. The van der Waals surface area contributed by atoms with Gasteiger partial charge in [-0.15, -0.1) is 3.77 Å². The molecule has 1 amide bonds. The standard InChI is InChI=1S/C15H16N2O4S2/c1-12-7-9-14(10-8-12)23(20,21)17-22(19,11-15(16)18)13-5-3-2-4-6-13/h2-10H,11H2,1H3,(H2,16,18). The lowest BCUT2D eigenvalue weighted by atomic mass is 10.2. The Balaban J connectivity index is 2.64. The van der Waals surface area contributed by atoms with Gasteiger partial charge in [-0.2, -0.15) is 8.42 Å². The van der Waals surface area contributed by atoms with E-state index in [4.69, 9.17) is 5.73 Å². The first-order valence-electron chi connectivity index (χ1n) is 6.64. The summed E-state index contributed by atoms with van der Waals surface area (Å²) in [6.07, 6.45) is 0. The van der Waals surface area contributed by atoms with Crippen molar-refractivity contribution in [3.05, 3.63) is 60.2 Å². The minimum Gasteiger partial charge on any atom is -0.369 e. The fourth-order valence-electron chi connectivity index (χ4n) is 1.89. The number of nitrogens with zero attached hydrogens (tertiary/aromatic N) is 1. The minimum absolute atomic E-state index is 0.0868. The van der Waals surface area contributed by atoms with Crippen molar-refractivity contribution in [2.45, 2.75) is 16.7 Å². The Labute approximate surface area is 135 Å². The van der Waals surface area contributed by atoms with E-state index >= 15 is 0 Å². The van der Waals surface area contributed by atoms with Crippen molar-refractivity contribution in [2.75, 3.05) is 5.75 Å². The summed E-state index contributed by atoms with van der Waals surface area (Å²) >= 11 is 0. The molecule has 122 valence electrons. The van der Waals surface area contributed by atoms with E-state index in [1.807, 2.05) is 6.92 Å². The predicted octanol–water partition coefficient (Wildman–Crippen LogP) is 1.70. The molecule has 0 aliphatic rings. The molecule has 2 N–H and O–H groups in total. The van der Waals surface area contributed by atoms with Crippen molar-refractivity contribution < 1.29 is 17.4 Å². The Morgan fingerprint density at radius 1 is 0.957 bits per heavy atom. The normalized spacial score (nSPS) is 14.0. The highest BCUT2D eigenvalue weighted by molar-refractivity contribution is 8.03. The average Bonchev–Trinajstić information content (AvgIpc) is 2.47. The number of aryl methyl sites for hydroxylation is 1. The van der Waals surface area contributed by atoms with Crippen LogP contribution < -0.4 is 5.73 Å². The molecule has 8 heteroatoms. The molecule has 0 saturated heterocycles. The van der Waals surface area contributed by atoms with Crippen LogP contribution in [0.25, 0.3) is 0 Å². The summed E-state index contributed by atoms with van der Waals surface area (Å²) in [5, 5.41) is 0. The molecule has 0 saturated carbocycles. The van der Waals surface area contributed by atoms with Crippen molar-refractivity contribution >= 4 is 25.7 Å². The van der Waals surface area contributed by atoms with Crippen LogP contribution in [-0.2, 0) is 24.5 Å². The number of carbonyl (C=O) groups excluding carboxylic acids is 1. The van der Waals surface area contributed by atoms with Crippen molar-refractivity contribution in [1.29, 1.82) is 0 Å². The van der Waals surface area contributed by atoms with Crippen molar-refractivity contribution in [1.82, 2.24) is 0 Å². The summed E-state index contributed by atoms with van der Waals surface area (Å²) < 4.78 is 41.4. The molecule has 0 radical (unpaired) electrons. The van der Waals surface area contributed by atoms with Crippen LogP contribution in [0.3, 0.4) is 0 Å². The van der Waals surface area contributed by atoms with Gasteiger partial charge < -0.3 is 5.73 Å². The Bertz CT molecular complexity index is 927. The minimum atomic E-state index is -4.19. The summed E-state index contributed by atoms with van der Waals surface area (Å²) in [6, 6.07) is 13.8. The number of hydrogen-bond donors (Lipinski definition) is 1. The van der Waals surface area contributed by atoms with Gasteiger partial charge in [0, 0.05) is 4.90 Å². The fourth-order valence-corrected chi connectivity index (χ4v) is 5.67. The highest BCUT2D eigenvalue weighted by atomic mass is 32.3. The molecular formula is C15H16N2O4S2. The van der Waals surface area contributed by atoms with Crippen LogP contribution in [0.1, 0.15) is 5.56 Å². The maximum atomic E-state index is 13.0. The zero-order chi connectivity index (χ0) is 17.1. The van der Waals surface area contributed by atoms with E-state index in [9.17, 15) is 17.4 Å². The van der Waals surface area contributed by atoms with E-state index in [-0.39, 0.29) is 9.79 Å². The van der Waals surface area contributed by atoms with E-state index in [0.717, 1.165) is 5.56 Å². The summed E-state index contributed by atoms with van der Waals surface area (Å²) in [5.41, 5.74) is 6.00. The predicted molar refractivity (Wildman–Crippen MR) is 87.7 cm³/mol. The summed E-state index contributed by atoms with van der Waals surface area (Å²) in [5.74, 6) is -1.55. The van der Waals surface area contributed by atoms with Gasteiger partial charge in [0.2, 0.25) is 5.91 Å². The van der Waals surface area contributed by atoms with Crippen LogP contribution >= 0.6 is 0 Å². The lowest BCUT2D eigenvalue weighted by Crippen LogP contribution is -2.24. The molecule has 0 aliphatic heterocycles. The Hall–Kier alpha value is -2.19. The Morgan fingerprint density at radius 3 is 2.04 bits per heavy atom. The third-order valence-electron chi connectivity index (χ3n) is 2.99. The summed E-state index contributed by atoms with van der Waals surface area (Å²) in [6.45, 7) is 1.81. The highest BCUT2D eigenvalue weighted by Gasteiger charge is 2.22. The third kappa shape index (κ3) is 4.17. The highest BCUT2D eigenvalue weighted by Crippen LogP contribution is 2.20. The quantitative estimate of drug-likeness (QED) is 0.883. The van der Waals surface area contributed by atoms with Gasteiger partial charge in [-0.1, -0.05) is 35.9 Å². The van der Waals surface area contributed by atoms with Crippen LogP contribution in [0, 0.1) is 6.92 Å². The summed E-state index contributed by atoms with van der Waals surface area (Å²) in [4.78, 5) is 11.3. The van der Waals surface area contributed by atoms with Gasteiger partial charge in [0.15, 0.2) is 0 Å². The van der Waals surface area contributed by atoms with Gasteiger partial charge in [0.1, 0.15) is 15.5 Å². The van der Waals surface area contributed by atoms with Crippen LogP contribution in [0.4, 0.5) is 0 Å². The van der Waals surface area contributed by atoms with E-state index in [0.29, 0.717) is 0 Å². The number of rotatable bonds is 5. The average molecular weight is 352 g/mol. The zero-order valence-electron chi connectivity index (χ0n) is 12.4. The molecule has 2 aromatic rings. The number of amides is 1. The first kappa shape index (κ1) is 17.2. The van der Waals surface area contributed by atoms with Crippen LogP contribution in [-0.4, -0.2) is 24.3 Å². The van der Waals surface area contributed by atoms with Gasteiger partial charge in [0.25, 0.3) is 10.0 Å². The number of primary amides is 1. The topological polar surface area (TPSA) is 107 Å². The second-order valence-electron chi connectivity index (χ2n) is 4.93. The molecule has 1 unspecified atom stereocenters. The number of nitrogens with two attached hydrogens (primary N) is 1. The molecule has 0 heterocycles. The maximum Gasteiger partial charge on any atom is 0.290 e. The van der Waals surface area contributed by atoms with Gasteiger partial charge in [0.05, 0.1) is 4.90 Å². The third-order valence-corrected chi connectivity index (χ3v) is 7.29. The van der Waals surface area contributed by atoms with E-state index < -0.39 is 31.4 Å². The molecule has 0 spiro atoms. The molecule has 6 nitrogen and oxygen atoms in total. The van der Waals surface area contributed by atoms with Gasteiger partial charge >= 0.3 is 0 Å². The van der Waals surface area contributed by atoms with E-state index in [1.165, 1.54) is 24.3 Å². The lowest BCUT2D eigenvalue weighted by molar-refractivity contribution is -0.115. The molecule has 2 aromatic carbocycles. The first-order chi connectivity index (χ1) is 10.7. The Morgan fingerprint density at radius 2 is 1.52 bits per heavy atom.